The molecule has 0 fully saturated rings. The zero-order chi connectivity index (χ0) is 11.5. The third-order valence-electron chi connectivity index (χ3n) is 2.16. The molecule has 1 unspecified atom stereocenters. The van der Waals surface area contributed by atoms with Crippen molar-refractivity contribution in [2.24, 2.45) is 5.14 Å². The molecule has 5 heteroatoms. The second-order valence-corrected chi connectivity index (χ2v) is 5.61. The van der Waals surface area contributed by atoms with Crippen molar-refractivity contribution in [2.45, 2.75) is 18.1 Å². The number of primary sulfonamides is 1. The highest BCUT2D eigenvalue weighted by atomic mass is 35.5. The molecule has 0 spiro atoms. The molecule has 0 aliphatic heterocycles. The fraction of sp³-hybridized carbons (Fsp3) is 0.300. The summed E-state index contributed by atoms with van der Waals surface area (Å²) in [5.41, 5.74) is 0.891. The molecule has 0 amide bonds. The highest BCUT2D eigenvalue weighted by Gasteiger charge is 2.19. The third kappa shape index (κ3) is 3.81. The standard InChI is InChI=1S/C10H13ClNO2S/c1-2-10(15(12,13)14)7-8-3-5-9(11)6-4-8/h3-6,10H,1-2,7H2,(H2,12,13,14). The molecule has 1 aromatic carbocycles. The fourth-order valence-electron chi connectivity index (χ4n) is 1.27. The number of nitrogens with two attached hydrogens (primary N) is 1. The van der Waals surface area contributed by atoms with Crippen LogP contribution in [0.4, 0.5) is 0 Å². The Kier molecular flexibility index (Phi) is 4.13. The molecule has 83 valence electrons. The van der Waals surface area contributed by atoms with Crippen LogP contribution >= 0.6 is 11.6 Å². The predicted molar refractivity (Wildman–Crippen MR) is 62.0 cm³/mol. The Morgan fingerprint density at radius 1 is 1.33 bits per heavy atom. The number of hydrogen-bond donors (Lipinski definition) is 1. The van der Waals surface area contributed by atoms with Crippen molar-refractivity contribution < 1.29 is 8.42 Å². The van der Waals surface area contributed by atoms with E-state index in [2.05, 4.69) is 6.92 Å². The van der Waals surface area contributed by atoms with Gasteiger partial charge in [-0.05, 0) is 30.5 Å². The van der Waals surface area contributed by atoms with Gasteiger partial charge >= 0.3 is 0 Å². The SMILES string of the molecule is [CH2]CC(Cc1ccc(Cl)cc1)S(N)(=O)=O. The summed E-state index contributed by atoms with van der Waals surface area (Å²) >= 11 is 5.72. The molecule has 0 saturated heterocycles. The van der Waals surface area contributed by atoms with E-state index in [1.54, 1.807) is 24.3 Å². The van der Waals surface area contributed by atoms with Gasteiger partial charge in [0.1, 0.15) is 0 Å². The van der Waals surface area contributed by atoms with E-state index in [-0.39, 0.29) is 6.42 Å². The molecule has 0 aromatic heterocycles. The van der Waals surface area contributed by atoms with Crippen molar-refractivity contribution in [3.63, 3.8) is 0 Å². The fourth-order valence-corrected chi connectivity index (χ4v) is 2.15. The van der Waals surface area contributed by atoms with Crippen LogP contribution in [0, 0.1) is 6.92 Å². The van der Waals surface area contributed by atoms with Gasteiger partial charge in [-0.1, -0.05) is 30.7 Å². The second kappa shape index (κ2) is 4.96. The molecular formula is C10H13ClNO2S. The Morgan fingerprint density at radius 3 is 2.27 bits per heavy atom. The van der Waals surface area contributed by atoms with Gasteiger partial charge in [0.15, 0.2) is 0 Å². The minimum absolute atomic E-state index is 0.265. The molecule has 15 heavy (non-hydrogen) atoms. The van der Waals surface area contributed by atoms with E-state index in [9.17, 15) is 8.42 Å². The van der Waals surface area contributed by atoms with E-state index >= 15 is 0 Å². The number of hydrogen-bond acceptors (Lipinski definition) is 2. The van der Waals surface area contributed by atoms with Crippen LogP contribution < -0.4 is 5.14 Å². The van der Waals surface area contributed by atoms with Crippen molar-refractivity contribution in [1.82, 2.24) is 0 Å². The summed E-state index contributed by atoms with van der Waals surface area (Å²) in [4.78, 5) is 0. The number of rotatable bonds is 4. The van der Waals surface area contributed by atoms with Gasteiger partial charge in [-0.15, -0.1) is 0 Å². The summed E-state index contributed by atoms with van der Waals surface area (Å²) in [5, 5.41) is 5.07. The monoisotopic (exact) mass is 246 g/mol. The van der Waals surface area contributed by atoms with E-state index in [0.717, 1.165) is 5.56 Å². The minimum Gasteiger partial charge on any atom is -0.228 e. The van der Waals surface area contributed by atoms with Gasteiger partial charge in [-0.25, -0.2) is 13.6 Å². The molecule has 3 nitrogen and oxygen atoms in total. The molecule has 0 heterocycles. The molecule has 0 aliphatic carbocycles. The highest BCUT2D eigenvalue weighted by Crippen LogP contribution is 2.14. The largest absolute Gasteiger partial charge is 0.228 e. The smallest absolute Gasteiger partial charge is 0.212 e. The predicted octanol–water partition coefficient (Wildman–Crippen LogP) is 1.76. The Balaban J connectivity index is 2.80. The van der Waals surface area contributed by atoms with Gasteiger partial charge in [-0.2, -0.15) is 0 Å². The van der Waals surface area contributed by atoms with Crippen molar-refractivity contribution in [3.8, 4) is 0 Å². The molecular weight excluding hydrogens is 234 g/mol. The highest BCUT2D eigenvalue weighted by molar-refractivity contribution is 7.89. The van der Waals surface area contributed by atoms with E-state index < -0.39 is 15.3 Å². The van der Waals surface area contributed by atoms with Crippen LogP contribution in [0.3, 0.4) is 0 Å². The average Bonchev–Trinajstić information content (AvgIpc) is 2.15. The maximum Gasteiger partial charge on any atom is 0.212 e. The maximum absolute atomic E-state index is 11.1. The molecule has 1 atom stereocenters. The zero-order valence-electron chi connectivity index (χ0n) is 8.19. The first-order chi connectivity index (χ1) is 6.93. The summed E-state index contributed by atoms with van der Waals surface area (Å²) in [6.45, 7) is 3.58. The Morgan fingerprint density at radius 2 is 1.87 bits per heavy atom. The normalized spacial score (nSPS) is 13.8. The number of sulfonamides is 1. The van der Waals surface area contributed by atoms with Gasteiger partial charge in [0, 0.05) is 5.02 Å². The maximum atomic E-state index is 11.1. The van der Waals surface area contributed by atoms with E-state index in [1.807, 2.05) is 0 Å². The first kappa shape index (κ1) is 12.5. The summed E-state index contributed by atoms with van der Waals surface area (Å²) in [5.74, 6) is 0. The van der Waals surface area contributed by atoms with Crippen molar-refractivity contribution in [2.75, 3.05) is 0 Å². The van der Waals surface area contributed by atoms with Crippen molar-refractivity contribution in [1.29, 1.82) is 0 Å². The summed E-state index contributed by atoms with van der Waals surface area (Å²) in [6, 6.07) is 7.02. The second-order valence-electron chi connectivity index (χ2n) is 3.33. The summed E-state index contributed by atoms with van der Waals surface area (Å²) in [7, 11) is -3.52. The Labute approximate surface area is 95.3 Å². The van der Waals surface area contributed by atoms with Gasteiger partial charge < -0.3 is 0 Å². The Bertz CT molecular complexity index is 414. The van der Waals surface area contributed by atoms with E-state index in [4.69, 9.17) is 16.7 Å². The molecule has 0 aliphatic rings. The molecule has 2 N–H and O–H groups in total. The van der Waals surface area contributed by atoms with Gasteiger partial charge in [-0.3, -0.25) is 0 Å². The first-order valence-electron chi connectivity index (χ1n) is 4.49. The lowest BCUT2D eigenvalue weighted by molar-refractivity contribution is 0.579. The lowest BCUT2D eigenvalue weighted by Gasteiger charge is -2.12. The van der Waals surface area contributed by atoms with Crippen LogP contribution in [0.15, 0.2) is 24.3 Å². The van der Waals surface area contributed by atoms with Crippen LogP contribution in [0.25, 0.3) is 0 Å². The molecule has 1 radical (unpaired) electrons. The van der Waals surface area contributed by atoms with Crippen molar-refractivity contribution >= 4 is 21.6 Å². The third-order valence-corrected chi connectivity index (χ3v) is 3.75. The summed E-state index contributed by atoms with van der Waals surface area (Å²) in [6.07, 6.45) is 0.640. The first-order valence-corrected chi connectivity index (χ1v) is 6.47. The minimum atomic E-state index is -3.52. The number of halogens is 1. The number of benzene rings is 1. The van der Waals surface area contributed by atoms with Crippen molar-refractivity contribution in [3.05, 3.63) is 41.8 Å². The summed E-state index contributed by atoms with van der Waals surface area (Å²) < 4.78 is 22.3. The zero-order valence-corrected chi connectivity index (χ0v) is 9.76. The lowest BCUT2D eigenvalue weighted by atomic mass is 10.1. The van der Waals surface area contributed by atoms with E-state index in [0.29, 0.717) is 11.4 Å². The van der Waals surface area contributed by atoms with Crippen LogP contribution in [0.5, 0.6) is 0 Å². The molecule has 1 aromatic rings. The molecule has 0 saturated carbocycles. The van der Waals surface area contributed by atoms with Crippen LogP contribution in [0.1, 0.15) is 12.0 Å². The van der Waals surface area contributed by atoms with Crippen LogP contribution in [-0.4, -0.2) is 13.7 Å². The van der Waals surface area contributed by atoms with Gasteiger partial charge in [0.25, 0.3) is 0 Å². The van der Waals surface area contributed by atoms with Gasteiger partial charge in [0.05, 0.1) is 5.25 Å². The topological polar surface area (TPSA) is 60.2 Å². The average molecular weight is 247 g/mol. The lowest BCUT2D eigenvalue weighted by Crippen LogP contribution is -2.29. The van der Waals surface area contributed by atoms with Crippen LogP contribution in [0.2, 0.25) is 5.02 Å². The van der Waals surface area contributed by atoms with Gasteiger partial charge in [0.2, 0.25) is 10.0 Å². The van der Waals surface area contributed by atoms with Crippen LogP contribution in [-0.2, 0) is 16.4 Å². The van der Waals surface area contributed by atoms with E-state index in [1.165, 1.54) is 0 Å². The molecule has 1 rings (SSSR count). The molecule has 0 bridgehead atoms. The quantitative estimate of drug-likeness (QED) is 0.880. The Hall–Kier alpha value is -0.580.